The Balaban J connectivity index is 0.00000243. The van der Waals surface area contributed by atoms with Crippen LogP contribution < -0.4 is 20.1 Å². The van der Waals surface area contributed by atoms with Gasteiger partial charge >= 0.3 is 6.18 Å². The number of hydrogen-bond acceptors (Lipinski definition) is 3. The van der Waals surface area contributed by atoms with Crippen molar-refractivity contribution >= 4 is 29.9 Å². The minimum Gasteiger partial charge on any atom is -0.454 e. The predicted octanol–water partition coefficient (Wildman–Crippen LogP) is 3.57. The van der Waals surface area contributed by atoms with E-state index in [1.54, 1.807) is 0 Å². The van der Waals surface area contributed by atoms with E-state index in [2.05, 4.69) is 15.6 Å². The standard InChI is InChI=1S/C17H22F3N3O2.HI/c1-2-21-15(22-8-7-17(18,19)20)23-10-16(5-6-16)12-3-4-13-14(9-12)25-11-24-13;/h3-4,9H,2,5-8,10-11H2,1H3,(H2,21,22,23);1H. The number of ether oxygens (including phenoxy) is 2. The van der Waals surface area contributed by atoms with Crippen molar-refractivity contribution in [3.8, 4) is 11.5 Å². The van der Waals surface area contributed by atoms with E-state index in [1.807, 2.05) is 25.1 Å². The average Bonchev–Trinajstić information content (AvgIpc) is 3.20. The normalized spacial score (nSPS) is 17.5. The summed E-state index contributed by atoms with van der Waals surface area (Å²) < 4.78 is 47.6. The number of guanidine groups is 1. The van der Waals surface area contributed by atoms with Crippen LogP contribution in [0.2, 0.25) is 0 Å². The van der Waals surface area contributed by atoms with E-state index in [0.29, 0.717) is 19.0 Å². The lowest BCUT2D eigenvalue weighted by Crippen LogP contribution is -2.39. The monoisotopic (exact) mass is 485 g/mol. The number of halogens is 4. The smallest absolute Gasteiger partial charge is 0.390 e. The first-order valence-corrected chi connectivity index (χ1v) is 8.41. The number of benzene rings is 1. The molecule has 0 amide bonds. The van der Waals surface area contributed by atoms with Crippen LogP contribution in [0.25, 0.3) is 0 Å². The molecule has 0 bridgehead atoms. The molecule has 1 aliphatic heterocycles. The third-order valence-electron chi connectivity index (χ3n) is 4.42. The molecule has 1 aromatic rings. The molecule has 0 saturated heterocycles. The lowest BCUT2D eigenvalue weighted by Gasteiger charge is -2.16. The largest absolute Gasteiger partial charge is 0.454 e. The summed E-state index contributed by atoms with van der Waals surface area (Å²) >= 11 is 0. The second-order valence-electron chi connectivity index (χ2n) is 6.34. The molecule has 0 radical (unpaired) electrons. The third-order valence-corrected chi connectivity index (χ3v) is 4.42. The summed E-state index contributed by atoms with van der Waals surface area (Å²) in [5, 5.41) is 5.73. The summed E-state index contributed by atoms with van der Waals surface area (Å²) in [5.41, 5.74) is 1.07. The molecule has 2 aliphatic rings. The van der Waals surface area contributed by atoms with Crippen molar-refractivity contribution in [1.82, 2.24) is 10.6 Å². The van der Waals surface area contributed by atoms with Crippen LogP contribution in [0.15, 0.2) is 23.2 Å². The van der Waals surface area contributed by atoms with Gasteiger partial charge < -0.3 is 20.1 Å². The maximum Gasteiger partial charge on any atom is 0.390 e. The Morgan fingerprint density at radius 2 is 1.92 bits per heavy atom. The number of aliphatic imine (C=N–C) groups is 1. The summed E-state index contributed by atoms with van der Waals surface area (Å²) in [7, 11) is 0. The first kappa shape index (κ1) is 20.9. The molecule has 0 unspecified atom stereocenters. The Labute approximate surface area is 167 Å². The quantitative estimate of drug-likeness (QED) is 0.368. The molecule has 1 heterocycles. The van der Waals surface area contributed by atoms with Crippen molar-refractivity contribution in [2.24, 2.45) is 4.99 Å². The molecule has 1 fully saturated rings. The van der Waals surface area contributed by atoms with Crippen LogP contribution in [-0.2, 0) is 5.41 Å². The fraction of sp³-hybridized carbons (Fsp3) is 0.588. The van der Waals surface area contributed by atoms with E-state index >= 15 is 0 Å². The molecule has 146 valence electrons. The summed E-state index contributed by atoms with van der Waals surface area (Å²) in [4.78, 5) is 4.49. The molecular weight excluding hydrogens is 462 g/mol. The van der Waals surface area contributed by atoms with E-state index in [0.717, 1.165) is 29.9 Å². The highest BCUT2D eigenvalue weighted by Crippen LogP contribution is 2.50. The number of rotatable bonds is 6. The van der Waals surface area contributed by atoms with E-state index in [4.69, 9.17) is 9.47 Å². The van der Waals surface area contributed by atoms with E-state index in [1.165, 1.54) is 0 Å². The second-order valence-corrected chi connectivity index (χ2v) is 6.34. The van der Waals surface area contributed by atoms with Crippen LogP contribution in [0.4, 0.5) is 13.2 Å². The molecule has 3 rings (SSSR count). The van der Waals surface area contributed by atoms with Crippen LogP contribution in [0.1, 0.15) is 31.7 Å². The lowest BCUT2D eigenvalue weighted by molar-refractivity contribution is -0.132. The van der Waals surface area contributed by atoms with E-state index in [9.17, 15) is 13.2 Å². The predicted molar refractivity (Wildman–Crippen MR) is 104 cm³/mol. The average molecular weight is 485 g/mol. The highest BCUT2D eigenvalue weighted by molar-refractivity contribution is 14.0. The molecule has 9 heteroatoms. The zero-order valence-electron chi connectivity index (χ0n) is 14.5. The number of hydrogen-bond donors (Lipinski definition) is 2. The Hall–Kier alpha value is -1.39. The van der Waals surface area contributed by atoms with Gasteiger partial charge in [-0.25, -0.2) is 0 Å². The molecule has 1 aromatic carbocycles. The maximum absolute atomic E-state index is 12.3. The first-order chi connectivity index (χ1) is 11.9. The van der Waals surface area contributed by atoms with Gasteiger partial charge in [-0.05, 0) is 37.5 Å². The van der Waals surface area contributed by atoms with Gasteiger partial charge in [0.05, 0.1) is 13.0 Å². The molecule has 2 N–H and O–H groups in total. The summed E-state index contributed by atoms with van der Waals surface area (Å²) in [6.07, 6.45) is -3.06. The van der Waals surface area contributed by atoms with Crippen LogP contribution in [0.3, 0.4) is 0 Å². The highest BCUT2D eigenvalue weighted by atomic mass is 127. The zero-order chi connectivity index (χ0) is 17.9. The van der Waals surface area contributed by atoms with Gasteiger partial charge in [-0.1, -0.05) is 6.07 Å². The molecule has 0 aromatic heterocycles. The van der Waals surface area contributed by atoms with Gasteiger partial charge in [-0.3, -0.25) is 4.99 Å². The fourth-order valence-corrected chi connectivity index (χ4v) is 2.81. The van der Waals surface area contributed by atoms with Crippen molar-refractivity contribution in [3.05, 3.63) is 23.8 Å². The SMILES string of the molecule is CCNC(=NCC1(c2ccc3c(c2)OCO3)CC1)NCCC(F)(F)F.I. The van der Waals surface area contributed by atoms with Crippen LogP contribution in [0, 0.1) is 0 Å². The second kappa shape index (κ2) is 8.53. The Morgan fingerprint density at radius 1 is 1.19 bits per heavy atom. The summed E-state index contributed by atoms with van der Waals surface area (Å²) in [6.45, 7) is 3.04. The molecule has 26 heavy (non-hydrogen) atoms. The number of nitrogens with one attached hydrogen (secondary N) is 2. The van der Waals surface area contributed by atoms with Crippen molar-refractivity contribution in [3.63, 3.8) is 0 Å². The molecule has 1 saturated carbocycles. The molecular formula is C17H23F3IN3O2. The summed E-state index contributed by atoms with van der Waals surface area (Å²) in [5.74, 6) is 1.90. The van der Waals surface area contributed by atoms with Gasteiger partial charge in [0.15, 0.2) is 17.5 Å². The Morgan fingerprint density at radius 3 is 2.58 bits per heavy atom. The number of alkyl halides is 3. The highest BCUT2D eigenvalue weighted by Gasteiger charge is 2.44. The maximum atomic E-state index is 12.3. The first-order valence-electron chi connectivity index (χ1n) is 8.41. The van der Waals surface area contributed by atoms with Gasteiger partial charge in [0.1, 0.15) is 0 Å². The minimum absolute atomic E-state index is 0. The number of fused-ring (bicyclic) bond motifs is 1. The fourth-order valence-electron chi connectivity index (χ4n) is 2.81. The van der Waals surface area contributed by atoms with Crippen LogP contribution in [-0.4, -0.2) is 38.6 Å². The van der Waals surface area contributed by atoms with Crippen molar-refractivity contribution in [2.75, 3.05) is 26.4 Å². The van der Waals surface area contributed by atoms with Gasteiger partial charge in [-0.2, -0.15) is 13.2 Å². The van der Waals surface area contributed by atoms with Gasteiger partial charge in [0.2, 0.25) is 6.79 Å². The van der Waals surface area contributed by atoms with E-state index < -0.39 is 12.6 Å². The molecule has 1 aliphatic carbocycles. The molecule has 0 atom stereocenters. The van der Waals surface area contributed by atoms with Gasteiger partial charge in [-0.15, -0.1) is 24.0 Å². The molecule has 0 spiro atoms. The van der Waals surface area contributed by atoms with Gasteiger partial charge in [0.25, 0.3) is 0 Å². The van der Waals surface area contributed by atoms with Crippen LogP contribution in [0.5, 0.6) is 11.5 Å². The number of nitrogens with zero attached hydrogens (tertiary/aromatic N) is 1. The lowest BCUT2D eigenvalue weighted by atomic mass is 9.96. The molecule has 5 nitrogen and oxygen atoms in total. The van der Waals surface area contributed by atoms with Crippen molar-refractivity contribution < 1.29 is 22.6 Å². The van der Waals surface area contributed by atoms with Crippen LogP contribution >= 0.6 is 24.0 Å². The van der Waals surface area contributed by atoms with Gasteiger partial charge in [0, 0.05) is 18.5 Å². The summed E-state index contributed by atoms with van der Waals surface area (Å²) in [6, 6.07) is 5.89. The van der Waals surface area contributed by atoms with E-state index in [-0.39, 0.29) is 42.7 Å². The minimum atomic E-state index is -4.17. The Bertz CT molecular complexity index is 649. The zero-order valence-corrected chi connectivity index (χ0v) is 16.8. The topological polar surface area (TPSA) is 54.9 Å². The van der Waals surface area contributed by atoms with Crippen molar-refractivity contribution in [2.45, 2.75) is 37.8 Å². The Kier molecular flexibility index (Phi) is 6.86. The van der Waals surface area contributed by atoms with Crippen molar-refractivity contribution in [1.29, 1.82) is 0 Å². The third kappa shape index (κ3) is 5.31.